The molecule has 1 unspecified atom stereocenters. The summed E-state index contributed by atoms with van der Waals surface area (Å²) in [4.78, 5) is 0. The first kappa shape index (κ1) is 14.5. The van der Waals surface area contributed by atoms with Gasteiger partial charge >= 0.3 is 0 Å². The average molecular weight is 265 g/mol. The maximum atomic E-state index is 14.0. The van der Waals surface area contributed by atoms with Crippen LogP contribution in [0, 0.1) is 11.7 Å². The van der Waals surface area contributed by atoms with Crippen molar-refractivity contribution in [2.75, 3.05) is 13.2 Å². The van der Waals surface area contributed by atoms with E-state index in [0.717, 1.165) is 6.42 Å². The molecule has 2 rings (SSSR count). The normalized spacial score (nSPS) is 20.2. The second-order valence-electron chi connectivity index (χ2n) is 5.83. The monoisotopic (exact) mass is 265 g/mol. The maximum Gasteiger partial charge on any atom is 0.127 e. The summed E-state index contributed by atoms with van der Waals surface area (Å²) in [5, 5.41) is 9.84. The van der Waals surface area contributed by atoms with E-state index in [-0.39, 0.29) is 12.4 Å². The predicted molar refractivity (Wildman–Crippen MR) is 75.4 cm³/mol. The van der Waals surface area contributed by atoms with Gasteiger partial charge < -0.3 is 10.8 Å². The van der Waals surface area contributed by atoms with Crippen LogP contribution in [-0.2, 0) is 5.41 Å². The van der Waals surface area contributed by atoms with Crippen LogP contribution in [0.5, 0.6) is 0 Å². The Morgan fingerprint density at radius 2 is 1.89 bits per heavy atom. The molecular formula is C16H24FNO. The quantitative estimate of drug-likeness (QED) is 0.859. The molecule has 1 aromatic rings. The van der Waals surface area contributed by atoms with Crippen molar-refractivity contribution in [2.24, 2.45) is 11.7 Å². The van der Waals surface area contributed by atoms with Gasteiger partial charge in [0.25, 0.3) is 0 Å². The van der Waals surface area contributed by atoms with Gasteiger partial charge in [-0.2, -0.15) is 0 Å². The fourth-order valence-electron chi connectivity index (χ4n) is 3.35. The predicted octanol–water partition coefficient (Wildman–Crippen LogP) is 2.98. The van der Waals surface area contributed by atoms with Gasteiger partial charge in [-0.1, -0.05) is 50.3 Å². The zero-order chi connectivity index (χ0) is 13.7. The Balaban J connectivity index is 2.23. The standard InChI is InChI=1S/C16H24FNO/c17-15-9-5-4-8-14(15)16(11-18,12-19)10-13-6-2-1-3-7-13/h4-5,8-9,13,19H,1-3,6-7,10-12,18H2. The fourth-order valence-corrected chi connectivity index (χ4v) is 3.35. The van der Waals surface area contributed by atoms with Crippen molar-refractivity contribution in [3.05, 3.63) is 35.6 Å². The zero-order valence-corrected chi connectivity index (χ0v) is 11.4. The van der Waals surface area contributed by atoms with E-state index in [1.165, 1.54) is 38.2 Å². The van der Waals surface area contributed by atoms with E-state index in [9.17, 15) is 9.50 Å². The Labute approximate surface area is 114 Å². The lowest BCUT2D eigenvalue weighted by Gasteiger charge is -2.36. The molecule has 0 saturated heterocycles. The molecule has 0 aliphatic heterocycles. The van der Waals surface area contributed by atoms with Crippen LogP contribution in [0.15, 0.2) is 24.3 Å². The minimum absolute atomic E-state index is 0.0824. The Morgan fingerprint density at radius 1 is 1.21 bits per heavy atom. The third kappa shape index (κ3) is 3.15. The molecule has 0 bridgehead atoms. The number of hydrogen-bond donors (Lipinski definition) is 2. The number of nitrogens with two attached hydrogens (primary N) is 1. The van der Waals surface area contributed by atoms with Crippen molar-refractivity contribution in [3.63, 3.8) is 0 Å². The second-order valence-corrected chi connectivity index (χ2v) is 5.83. The van der Waals surface area contributed by atoms with Gasteiger partial charge in [0.2, 0.25) is 0 Å². The van der Waals surface area contributed by atoms with Crippen LogP contribution < -0.4 is 5.73 Å². The number of rotatable bonds is 5. The van der Waals surface area contributed by atoms with Gasteiger partial charge in [-0.25, -0.2) is 4.39 Å². The molecule has 106 valence electrons. The van der Waals surface area contributed by atoms with E-state index in [1.54, 1.807) is 12.1 Å². The molecule has 1 aliphatic carbocycles. The third-order valence-corrected chi connectivity index (χ3v) is 4.54. The van der Waals surface area contributed by atoms with E-state index in [1.807, 2.05) is 6.07 Å². The molecule has 0 heterocycles. The van der Waals surface area contributed by atoms with E-state index in [0.29, 0.717) is 18.0 Å². The SMILES string of the molecule is NCC(CO)(CC1CCCCC1)c1ccccc1F. The molecule has 1 aromatic carbocycles. The van der Waals surface area contributed by atoms with Gasteiger partial charge in [0.15, 0.2) is 0 Å². The summed E-state index contributed by atoms with van der Waals surface area (Å²) in [5.41, 5.74) is 5.87. The van der Waals surface area contributed by atoms with Gasteiger partial charge in [0, 0.05) is 12.0 Å². The summed E-state index contributed by atoms with van der Waals surface area (Å²) in [6.07, 6.45) is 6.93. The van der Waals surface area contributed by atoms with Crippen molar-refractivity contribution < 1.29 is 9.50 Å². The van der Waals surface area contributed by atoms with Crippen molar-refractivity contribution in [3.8, 4) is 0 Å². The van der Waals surface area contributed by atoms with Crippen LogP contribution in [0.2, 0.25) is 0 Å². The highest BCUT2D eigenvalue weighted by atomic mass is 19.1. The highest BCUT2D eigenvalue weighted by molar-refractivity contribution is 5.28. The number of benzene rings is 1. The molecule has 0 spiro atoms. The molecule has 3 heteroatoms. The molecule has 1 fully saturated rings. The van der Waals surface area contributed by atoms with Crippen molar-refractivity contribution in [1.82, 2.24) is 0 Å². The molecule has 0 radical (unpaired) electrons. The first-order chi connectivity index (χ1) is 9.22. The van der Waals surface area contributed by atoms with E-state index in [2.05, 4.69) is 0 Å². The lowest BCUT2D eigenvalue weighted by molar-refractivity contribution is 0.152. The van der Waals surface area contributed by atoms with Crippen molar-refractivity contribution in [2.45, 2.75) is 43.9 Å². The van der Waals surface area contributed by atoms with Crippen molar-refractivity contribution in [1.29, 1.82) is 0 Å². The Kier molecular flexibility index (Phi) is 4.94. The van der Waals surface area contributed by atoms with Gasteiger partial charge in [0.05, 0.1) is 6.61 Å². The summed E-state index contributed by atoms with van der Waals surface area (Å²) < 4.78 is 14.0. The number of hydrogen-bond acceptors (Lipinski definition) is 2. The highest BCUT2D eigenvalue weighted by Gasteiger charge is 2.35. The van der Waals surface area contributed by atoms with Crippen LogP contribution in [0.3, 0.4) is 0 Å². The Bertz CT molecular complexity index is 397. The number of halogens is 1. The summed E-state index contributed by atoms with van der Waals surface area (Å²) >= 11 is 0. The van der Waals surface area contributed by atoms with Crippen LogP contribution in [0.1, 0.15) is 44.1 Å². The topological polar surface area (TPSA) is 46.2 Å². The lowest BCUT2D eigenvalue weighted by atomic mass is 9.71. The third-order valence-electron chi connectivity index (χ3n) is 4.54. The van der Waals surface area contributed by atoms with Crippen molar-refractivity contribution >= 4 is 0 Å². The molecule has 19 heavy (non-hydrogen) atoms. The minimum Gasteiger partial charge on any atom is -0.395 e. The highest BCUT2D eigenvalue weighted by Crippen LogP contribution is 2.37. The molecule has 1 saturated carbocycles. The first-order valence-electron chi connectivity index (χ1n) is 7.28. The second kappa shape index (κ2) is 6.49. The van der Waals surface area contributed by atoms with Crippen LogP contribution in [0.4, 0.5) is 4.39 Å². The maximum absolute atomic E-state index is 14.0. The molecule has 0 amide bonds. The summed E-state index contributed by atoms with van der Waals surface area (Å²) in [6.45, 7) is 0.210. The Hall–Kier alpha value is -0.930. The molecule has 1 atom stereocenters. The lowest BCUT2D eigenvalue weighted by Crippen LogP contribution is -2.41. The van der Waals surface area contributed by atoms with Gasteiger partial charge in [-0.3, -0.25) is 0 Å². The van der Waals surface area contributed by atoms with Gasteiger partial charge in [-0.15, -0.1) is 0 Å². The number of aliphatic hydroxyl groups is 1. The van der Waals surface area contributed by atoms with Crippen LogP contribution >= 0.6 is 0 Å². The van der Waals surface area contributed by atoms with Crippen LogP contribution in [0.25, 0.3) is 0 Å². The van der Waals surface area contributed by atoms with Gasteiger partial charge in [0.1, 0.15) is 5.82 Å². The largest absolute Gasteiger partial charge is 0.395 e. The molecular weight excluding hydrogens is 241 g/mol. The molecule has 3 N–H and O–H groups in total. The first-order valence-corrected chi connectivity index (χ1v) is 7.28. The average Bonchev–Trinajstić information content (AvgIpc) is 2.47. The minimum atomic E-state index is -0.618. The molecule has 0 aromatic heterocycles. The Morgan fingerprint density at radius 3 is 2.47 bits per heavy atom. The van der Waals surface area contributed by atoms with E-state index in [4.69, 9.17) is 5.73 Å². The molecule has 1 aliphatic rings. The fraction of sp³-hybridized carbons (Fsp3) is 0.625. The van der Waals surface area contributed by atoms with E-state index >= 15 is 0 Å². The smallest absolute Gasteiger partial charge is 0.127 e. The summed E-state index contributed by atoms with van der Waals surface area (Å²) in [5.74, 6) is 0.307. The van der Waals surface area contributed by atoms with Crippen LogP contribution in [-0.4, -0.2) is 18.3 Å². The van der Waals surface area contributed by atoms with E-state index < -0.39 is 5.41 Å². The molecule has 2 nitrogen and oxygen atoms in total. The number of aliphatic hydroxyl groups excluding tert-OH is 1. The van der Waals surface area contributed by atoms with Gasteiger partial charge in [-0.05, 0) is 24.0 Å². The zero-order valence-electron chi connectivity index (χ0n) is 11.4. The summed E-state index contributed by atoms with van der Waals surface area (Å²) in [6, 6.07) is 6.72. The summed E-state index contributed by atoms with van der Waals surface area (Å²) in [7, 11) is 0.